The predicted octanol–water partition coefficient (Wildman–Crippen LogP) is 4.46. The second-order valence-electron chi connectivity index (χ2n) is 3.97. The predicted molar refractivity (Wildman–Crippen MR) is 83.2 cm³/mol. The molecule has 0 fully saturated rings. The van der Waals surface area contributed by atoms with Crippen molar-refractivity contribution in [3.8, 4) is 0 Å². The first kappa shape index (κ1) is 14.1. The lowest BCUT2D eigenvalue weighted by atomic mass is 10.3. The van der Waals surface area contributed by atoms with Gasteiger partial charge in [0.1, 0.15) is 5.82 Å². The highest BCUT2D eigenvalue weighted by atomic mass is 79.9. The average Bonchev–Trinajstić information content (AvgIpc) is 2.41. The molecule has 0 aliphatic rings. The van der Waals surface area contributed by atoms with E-state index < -0.39 is 0 Å². The zero-order chi connectivity index (χ0) is 13.7. The fraction of sp³-hybridized carbons (Fsp3) is 0.231. The van der Waals surface area contributed by atoms with E-state index >= 15 is 0 Å². The number of nitrogens with one attached hydrogen (secondary N) is 2. The molecule has 0 radical (unpaired) electrons. The molecule has 0 spiro atoms. The summed E-state index contributed by atoms with van der Waals surface area (Å²) in [6.07, 6.45) is 4.43. The summed E-state index contributed by atoms with van der Waals surface area (Å²) in [5.74, 6) is 1.45. The molecule has 4 nitrogen and oxygen atoms in total. The second kappa shape index (κ2) is 6.73. The second-order valence-corrected chi connectivity index (χ2v) is 5.23. The average molecular weight is 342 g/mol. The zero-order valence-corrected chi connectivity index (χ0v) is 12.8. The maximum atomic E-state index is 5.95. The Balaban J connectivity index is 2.11. The van der Waals surface area contributed by atoms with Crippen LogP contribution >= 0.6 is 27.5 Å². The van der Waals surface area contributed by atoms with Crippen molar-refractivity contribution in [3.05, 3.63) is 40.1 Å². The maximum absolute atomic E-state index is 5.95. The first-order valence-electron chi connectivity index (χ1n) is 5.97. The van der Waals surface area contributed by atoms with Gasteiger partial charge in [-0.2, -0.15) is 0 Å². The summed E-state index contributed by atoms with van der Waals surface area (Å²) in [6.45, 7) is 2.98. The van der Waals surface area contributed by atoms with Crippen LogP contribution in [0.1, 0.15) is 13.3 Å². The molecule has 1 aromatic heterocycles. The van der Waals surface area contributed by atoms with E-state index in [2.05, 4.69) is 43.5 Å². The van der Waals surface area contributed by atoms with Gasteiger partial charge in [0.15, 0.2) is 5.82 Å². The number of aromatic nitrogens is 2. The van der Waals surface area contributed by atoms with Gasteiger partial charge >= 0.3 is 0 Å². The maximum Gasteiger partial charge on any atom is 0.151 e. The largest absolute Gasteiger partial charge is 0.369 e. The van der Waals surface area contributed by atoms with Gasteiger partial charge in [0.2, 0.25) is 0 Å². The Morgan fingerprint density at radius 2 is 2.05 bits per heavy atom. The van der Waals surface area contributed by atoms with E-state index in [0.29, 0.717) is 10.8 Å². The minimum Gasteiger partial charge on any atom is -0.369 e. The summed E-state index contributed by atoms with van der Waals surface area (Å²) in [6, 6.07) is 5.61. The highest BCUT2D eigenvalue weighted by molar-refractivity contribution is 9.10. The SMILES string of the molecule is CCCNc1cncc(Nc2ccc(Cl)c(Br)c2)n1. The van der Waals surface area contributed by atoms with Crippen LogP contribution in [-0.2, 0) is 0 Å². The third-order valence-electron chi connectivity index (χ3n) is 2.38. The molecule has 0 atom stereocenters. The number of benzene rings is 1. The van der Waals surface area contributed by atoms with Gasteiger partial charge in [-0.25, -0.2) is 4.98 Å². The van der Waals surface area contributed by atoms with Crippen molar-refractivity contribution < 1.29 is 0 Å². The van der Waals surface area contributed by atoms with Crippen molar-refractivity contribution in [2.45, 2.75) is 13.3 Å². The van der Waals surface area contributed by atoms with E-state index in [-0.39, 0.29) is 0 Å². The summed E-state index contributed by atoms with van der Waals surface area (Å²) < 4.78 is 0.840. The van der Waals surface area contributed by atoms with Gasteiger partial charge in [0, 0.05) is 16.7 Å². The van der Waals surface area contributed by atoms with E-state index in [1.165, 1.54) is 0 Å². The molecule has 0 saturated carbocycles. The summed E-state index contributed by atoms with van der Waals surface area (Å²) in [5.41, 5.74) is 0.901. The summed E-state index contributed by atoms with van der Waals surface area (Å²) in [7, 11) is 0. The molecule has 0 aliphatic carbocycles. The molecule has 0 saturated heterocycles. The van der Waals surface area contributed by atoms with Crippen molar-refractivity contribution in [2.75, 3.05) is 17.2 Å². The van der Waals surface area contributed by atoms with Crippen molar-refractivity contribution in [1.29, 1.82) is 0 Å². The smallest absolute Gasteiger partial charge is 0.151 e. The number of halogens is 2. The van der Waals surface area contributed by atoms with Gasteiger partial charge in [-0.15, -0.1) is 0 Å². The van der Waals surface area contributed by atoms with Crippen LogP contribution < -0.4 is 10.6 Å². The minimum absolute atomic E-state index is 0.676. The van der Waals surface area contributed by atoms with E-state index in [9.17, 15) is 0 Å². The molecule has 19 heavy (non-hydrogen) atoms. The Morgan fingerprint density at radius 1 is 1.26 bits per heavy atom. The molecular formula is C13H14BrClN4. The Bertz CT molecular complexity index is 562. The summed E-state index contributed by atoms with van der Waals surface area (Å²) in [5, 5.41) is 7.06. The molecular weight excluding hydrogens is 328 g/mol. The Hall–Kier alpha value is -1.33. The highest BCUT2D eigenvalue weighted by Crippen LogP contribution is 2.26. The van der Waals surface area contributed by atoms with Crippen LogP contribution in [0.15, 0.2) is 35.1 Å². The lowest BCUT2D eigenvalue weighted by molar-refractivity contribution is 0.965. The first-order chi connectivity index (χ1) is 9.19. The topological polar surface area (TPSA) is 49.8 Å². The Labute approximate surface area is 125 Å². The van der Waals surface area contributed by atoms with Gasteiger partial charge in [0.25, 0.3) is 0 Å². The van der Waals surface area contributed by atoms with Crippen molar-refractivity contribution in [2.24, 2.45) is 0 Å². The normalized spacial score (nSPS) is 10.3. The zero-order valence-electron chi connectivity index (χ0n) is 10.5. The standard InChI is InChI=1S/C13H14BrClN4/c1-2-5-17-12-7-16-8-13(19-12)18-9-3-4-11(15)10(14)6-9/h3-4,6-8H,2,5H2,1H3,(H2,17,18,19). The summed E-state index contributed by atoms with van der Waals surface area (Å²) in [4.78, 5) is 8.57. The Kier molecular flexibility index (Phi) is 4.99. The number of rotatable bonds is 5. The molecule has 1 aromatic carbocycles. The molecule has 100 valence electrons. The van der Waals surface area contributed by atoms with Crippen LogP contribution in [-0.4, -0.2) is 16.5 Å². The number of anilines is 3. The van der Waals surface area contributed by atoms with E-state index in [1.807, 2.05) is 18.2 Å². The van der Waals surface area contributed by atoms with Crippen molar-refractivity contribution in [3.63, 3.8) is 0 Å². The Morgan fingerprint density at radius 3 is 2.79 bits per heavy atom. The summed E-state index contributed by atoms with van der Waals surface area (Å²) >= 11 is 9.34. The molecule has 2 aromatic rings. The highest BCUT2D eigenvalue weighted by Gasteiger charge is 2.02. The van der Waals surface area contributed by atoms with Gasteiger partial charge in [-0.05, 0) is 40.5 Å². The molecule has 6 heteroatoms. The van der Waals surface area contributed by atoms with Crippen molar-refractivity contribution in [1.82, 2.24) is 9.97 Å². The van der Waals surface area contributed by atoms with Crippen LogP contribution in [0.25, 0.3) is 0 Å². The molecule has 0 unspecified atom stereocenters. The fourth-order valence-corrected chi connectivity index (χ4v) is 1.98. The van der Waals surface area contributed by atoms with E-state index in [4.69, 9.17) is 11.6 Å². The molecule has 0 aliphatic heterocycles. The third kappa shape index (κ3) is 4.08. The quantitative estimate of drug-likeness (QED) is 0.843. The van der Waals surface area contributed by atoms with Crippen LogP contribution in [0.4, 0.5) is 17.3 Å². The van der Waals surface area contributed by atoms with Crippen LogP contribution in [0.5, 0.6) is 0 Å². The molecule has 0 bridgehead atoms. The minimum atomic E-state index is 0.676. The number of hydrogen-bond donors (Lipinski definition) is 2. The monoisotopic (exact) mass is 340 g/mol. The first-order valence-corrected chi connectivity index (χ1v) is 7.14. The number of hydrogen-bond acceptors (Lipinski definition) is 4. The van der Waals surface area contributed by atoms with Gasteiger partial charge < -0.3 is 10.6 Å². The van der Waals surface area contributed by atoms with Crippen LogP contribution in [0, 0.1) is 0 Å². The van der Waals surface area contributed by atoms with Crippen molar-refractivity contribution >= 4 is 44.9 Å². The van der Waals surface area contributed by atoms with Crippen LogP contribution in [0.3, 0.4) is 0 Å². The lowest BCUT2D eigenvalue weighted by Gasteiger charge is -2.08. The van der Waals surface area contributed by atoms with Crippen LogP contribution in [0.2, 0.25) is 5.02 Å². The van der Waals surface area contributed by atoms with Gasteiger partial charge in [0.05, 0.1) is 17.4 Å². The van der Waals surface area contributed by atoms with E-state index in [0.717, 1.165) is 28.9 Å². The molecule has 2 N–H and O–H groups in total. The third-order valence-corrected chi connectivity index (χ3v) is 3.60. The fourth-order valence-electron chi connectivity index (χ4n) is 1.49. The molecule has 2 rings (SSSR count). The molecule has 0 amide bonds. The lowest BCUT2D eigenvalue weighted by Crippen LogP contribution is -2.04. The van der Waals surface area contributed by atoms with Gasteiger partial charge in [-0.3, -0.25) is 4.98 Å². The van der Waals surface area contributed by atoms with Gasteiger partial charge in [-0.1, -0.05) is 18.5 Å². The number of nitrogens with zero attached hydrogens (tertiary/aromatic N) is 2. The van der Waals surface area contributed by atoms with E-state index in [1.54, 1.807) is 12.4 Å². The molecule has 1 heterocycles.